The molecule has 0 radical (unpaired) electrons. The Morgan fingerprint density at radius 2 is 1.83 bits per heavy atom. The van der Waals surface area contributed by atoms with Crippen LogP contribution in [0.3, 0.4) is 0 Å². The van der Waals surface area contributed by atoms with Crippen molar-refractivity contribution in [3.05, 3.63) is 94.6 Å². The molecule has 1 aliphatic heterocycles. The summed E-state index contributed by atoms with van der Waals surface area (Å²) in [5, 5.41) is 3.97. The average Bonchev–Trinajstić information content (AvgIpc) is 3.15. The van der Waals surface area contributed by atoms with E-state index in [0.717, 1.165) is 19.3 Å². The summed E-state index contributed by atoms with van der Waals surface area (Å²) < 4.78 is 0. The second kappa shape index (κ2) is 7.65. The van der Waals surface area contributed by atoms with E-state index in [0.29, 0.717) is 18.0 Å². The molecule has 1 fully saturated rings. The van der Waals surface area contributed by atoms with E-state index in [4.69, 9.17) is 0 Å². The van der Waals surface area contributed by atoms with Crippen LogP contribution in [0.25, 0.3) is 0 Å². The van der Waals surface area contributed by atoms with Gasteiger partial charge in [-0.3, -0.25) is 0 Å². The lowest BCUT2D eigenvalue weighted by Gasteiger charge is -2.37. The fraction of sp³-hybridized carbons (Fsp3) is 0.429. The van der Waals surface area contributed by atoms with Crippen molar-refractivity contribution >= 4 is 0 Å². The third-order valence-electron chi connectivity index (χ3n) is 7.53. The van der Waals surface area contributed by atoms with E-state index in [2.05, 4.69) is 71.0 Å². The van der Waals surface area contributed by atoms with Crippen LogP contribution >= 0.6 is 0 Å². The molecule has 1 heterocycles. The van der Waals surface area contributed by atoms with Crippen LogP contribution in [0.15, 0.2) is 94.6 Å². The highest BCUT2D eigenvalue weighted by Crippen LogP contribution is 2.50. The second-order valence-electron chi connectivity index (χ2n) is 9.39. The quantitative estimate of drug-likeness (QED) is 0.596. The van der Waals surface area contributed by atoms with Crippen molar-refractivity contribution in [2.45, 2.75) is 69.9 Å². The predicted octanol–water partition coefficient (Wildman–Crippen LogP) is 6.37. The highest BCUT2D eigenvalue weighted by atomic mass is 15.2. The molecule has 1 N–H and O–H groups in total. The first kappa shape index (κ1) is 18.3. The molecular weight excluding hydrogens is 364 g/mol. The lowest BCUT2D eigenvalue weighted by Crippen LogP contribution is -2.40. The molecule has 0 amide bonds. The number of hydrogen-bond donors (Lipinski definition) is 1. The largest absolute Gasteiger partial charge is 0.385 e. The molecule has 0 spiro atoms. The Balaban J connectivity index is 1.34. The van der Waals surface area contributed by atoms with Crippen molar-refractivity contribution in [2.75, 3.05) is 0 Å². The zero-order chi connectivity index (χ0) is 19.9. The van der Waals surface area contributed by atoms with Gasteiger partial charge in [0.2, 0.25) is 0 Å². The molecule has 1 saturated heterocycles. The van der Waals surface area contributed by atoms with Gasteiger partial charge < -0.3 is 10.2 Å². The summed E-state index contributed by atoms with van der Waals surface area (Å²) in [6, 6.07) is 0.982. The summed E-state index contributed by atoms with van der Waals surface area (Å²) in [7, 11) is 0. The molecular formula is C28H32N2. The van der Waals surface area contributed by atoms with Crippen LogP contribution in [0.1, 0.15) is 57.8 Å². The molecule has 6 aliphatic rings. The van der Waals surface area contributed by atoms with Crippen LogP contribution in [0.2, 0.25) is 0 Å². The Morgan fingerprint density at radius 3 is 2.77 bits per heavy atom. The molecule has 2 nitrogen and oxygen atoms in total. The summed E-state index contributed by atoms with van der Waals surface area (Å²) in [6.07, 6.45) is 34.7. The smallest absolute Gasteiger partial charge is 0.0559 e. The van der Waals surface area contributed by atoms with Crippen LogP contribution in [0.4, 0.5) is 0 Å². The summed E-state index contributed by atoms with van der Waals surface area (Å²) in [5.41, 5.74) is 9.11. The molecule has 30 heavy (non-hydrogen) atoms. The Labute approximate surface area is 180 Å². The SMILES string of the molecule is C1=CCCC(NC2CCC=C3C2C2=CCCC=C2N3C2C=C3CCC=CC3=CC2)=C1. The molecule has 3 unspecified atom stereocenters. The molecule has 3 atom stereocenters. The molecule has 0 saturated carbocycles. The molecule has 154 valence electrons. The number of rotatable bonds is 3. The lowest BCUT2D eigenvalue weighted by atomic mass is 9.82. The predicted molar refractivity (Wildman–Crippen MR) is 124 cm³/mol. The minimum Gasteiger partial charge on any atom is -0.385 e. The van der Waals surface area contributed by atoms with Gasteiger partial charge in [0.05, 0.1) is 6.04 Å². The second-order valence-corrected chi connectivity index (χ2v) is 9.39. The zero-order valence-corrected chi connectivity index (χ0v) is 17.8. The summed E-state index contributed by atoms with van der Waals surface area (Å²) in [5.74, 6) is 0.507. The van der Waals surface area contributed by atoms with E-state index in [1.165, 1.54) is 55.5 Å². The highest BCUT2D eigenvalue weighted by molar-refractivity contribution is 5.53. The molecule has 0 aromatic heterocycles. The van der Waals surface area contributed by atoms with Crippen molar-refractivity contribution in [3.63, 3.8) is 0 Å². The standard InChI is InChI=1S/C28H32N2/c1-2-11-22(12-3-1)29-25-14-8-16-27-28(25)24-13-6-7-15-26(24)30(27)23-18-17-20-9-4-5-10-21(20)19-23/h1-2,4,9,11,13,15-17,19,23,25,28-29H,3,5-8,10,12,14,18H2. The number of hydrogen-bond acceptors (Lipinski definition) is 2. The maximum atomic E-state index is 3.97. The topological polar surface area (TPSA) is 15.3 Å². The minimum atomic E-state index is 0.467. The monoisotopic (exact) mass is 396 g/mol. The number of fused-ring (bicyclic) bond motifs is 4. The fourth-order valence-corrected chi connectivity index (χ4v) is 6.17. The maximum Gasteiger partial charge on any atom is 0.0559 e. The zero-order valence-electron chi connectivity index (χ0n) is 17.8. The third kappa shape index (κ3) is 3.09. The van der Waals surface area contributed by atoms with Crippen LogP contribution in [0.5, 0.6) is 0 Å². The third-order valence-corrected chi connectivity index (χ3v) is 7.53. The molecule has 6 rings (SSSR count). The average molecular weight is 397 g/mol. The maximum absolute atomic E-state index is 3.97. The van der Waals surface area contributed by atoms with Crippen molar-refractivity contribution in [3.8, 4) is 0 Å². The van der Waals surface area contributed by atoms with Gasteiger partial charge in [-0.1, -0.05) is 54.7 Å². The molecule has 5 aliphatic carbocycles. The van der Waals surface area contributed by atoms with E-state index < -0.39 is 0 Å². The van der Waals surface area contributed by atoms with Gasteiger partial charge in [-0.05, 0) is 80.6 Å². The summed E-state index contributed by atoms with van der Waals surface area (Å²) in [4.78, 5) is 2.72. The summed E-state index contributed by atoms with van der Waals surface area (Å²) >= 11 is 0. The lowest BCUT2D eigenvalue weighted by molar-refractivity contribution is 0.334. The van der Waals surface area contributed by atoms with Gasteiger partial charge in [-0.25, -0.2) is 0 Å². The van der Waals surface area contributed by atoms with Crippen molar-refractivity contribution < 1.29 is 0 Å². The number of likely N-dealkylation sites (tertiary alicyclic amines) is 1. The van der Waals surface area contributed by atoms with E-state index in [-0.39, 0.29) is 0 Å². The molecule has 0 aromatic carbocycles. The fourth-order valence-electron chi connectivity index (χ4n) is 6.17. The first-order chi connectivity index (χ1) is 14.9. The van der Waals surface area contributed by atoms with Gasteiger partial charge in [0.15, 0.2) is 0 Å². The van der Waals surface area contributed by atoms with Gasteiger partial charge in [0.25, 0.3) is 0 Å². The van der Waals surface area contributed by atoms with E-state index in [1.54, 1.807) is 16.8 Å². The van der Waals surface area contributed by atoms with Crippen molar-refractivity contribution in [1.29, 1.82) is 0 Å². The Bertz CT molecular complexity index is 978. The first-order valence-corrected chi connectivity index (χ1v) is 12.0. The minimum absolute atomic E-state index is 0.467. The van der Waals surface area contributed by atoms with Gasteiger partial charge in [-0.15, -0.1) is 0 Å². The van der Waals surface area contributed by atoms with E-state index >= 15 is 0 Å². The van der Waals surface area contributed by atoms with Crippen LogP contribution in [0, 0.1) is 5.92 Å². The Hall–Kier alpha value is -2.48. The van der Waals surface area contributed by atoms with Crippen LogP contribution in [-0.4, -0.2) is 17.0 Å². The van der Waals surface area contributed by atoms with Gasteiger partial charge >= 0.3 is 0 Å². The van der Waals surface area contributed by atoms with Crippen molar-refractivity contribution in [1.82, 2.24) is 10.2 Å². The van der Waals surface area contributed by atoms with Crippen LogP contribution < -0.4 is 5.32 Å². The molecule has 0 bridgehead atoms. The normalized spacial score (nSPS) is 32.0. The number of nitrogens with one attached hydrogen (secondary N) is 1. The van der Waals surface area contributed by atoms with Gasteiger partial charge in [-0.2, -0.15) is 0 Å². The van der Waals surface area contributed by atoms with Gasteiger partial charge in [0, 0.05) is 29.1 Å². The first-order valence-electron chi connectivity index (χ1n) is 12.0. The highest BCUT2D eigenvalue weighted by Gasteiger charge is 2.45. The molecule has 0 aromatic rings. The Kier molecular flexibility index (Phi) is 4.67. The number of allylic oxidation sites excluding steroid dienone is 12. The Morgan fingerprint density at radius 1 is 0.900 bits per heavy atom. The van der Waals surface area contributed by atoms with E-state index in [1.807, 2.05) is 0 Å². The summed E-state index contributed by atoms with van der Waals surface area (Å²) in [6.45, 7) is 0. The molecule has 2 heteroatoms. The van der Waals surface area contributed by atoms with Crippen LogP contribution in [-0.2, 0) is 0 Å². The number of nitrogens with zero attached hydrogens (tertiary/aromatic N) is 1. The van der Waals surface area contributed by atoms with E-state index in [9.17, 15) is 0 Å². The van der Waals surface area contributed by atoms with Gasteiger partial charge in [0.1, 0.15) is 0 Å². The van der Waals surface area contributed by atoms with Crippen molar-refractivity contribution in [2.24, 2.45) is 5.92 Å².